The monoisotopic (exact) mass is 276 g/mol. The number of ether oxygens (including phenoxy) is 2. The van der Waals surface area contributed by atoms with Gasteiger partial charge in [-0.1, -0.05) is 30.3 Å². The van der Waals surface area contributed by atoms with Gasteiger partial charge in [-0.3, -0.25) is 0 Å². The summed E-state index contributed by atoms with van der Waals surface area (Å²) in [6.07, 6.45) is 0. The Morgan fingerprint density at radius 2 is 1.75 bits per heavy atom. The summed E-state index contributed by atoms with van der Waals surface area (Å²) in [7, 11) is -0.248. The van der Waals surface area contributed by atoms with Crippen molar-refractivity contribution in [3.63, 3.8) is 0 Å². The van der Waals surface area contributed by atoms with E-state index in [-0.39, 0.29) is 17.8 Å². The average Bonchev–Trinajstić information content (AvgIpc) is 2.46. The van der Waals surface area contributed by atoms with Gasteiger partial charge in [0.05, 0.1) is 7.11 Å². The van der Waals surface area contributed by atoms with E-state index in [1.807, 2.05) is 0 Å². The zero-order chi connectivity index (χ0) is 14.5. The molecule has 0 radical (unpaired) electrons. The van der Waals surface area contributed by atoms with E-state index in [1.165, 1.54) is 19.2 Å². The molecule has 2 N–H and O–H groups in total. The third-order valence-corrected chi connectivity index (χ3v) is 2.84. The molecule has 0 aliphatic rings. The van der Waals surface area contributed by atoms with Gasteiger partial charge in [-0.25, -0.2) is 4.39 Å². The van der Waals surface area contributed by atoms with Crippen LogP contribution in [0.15, 0.2) is 42.5 Å². The first kappa shape index (κ1) is 14.4. The summed E-state index contributed by atoms with van der Waals surface area (Å²) < 4.78 is 24.3. The molecule has 0 saturated carbocycles. The van der Waals surface area contributed by atoms with Gasteiger partial charge < -0.3 is 19.5 Å². The lowest BCUT2D eigenvalue weighted by Gasteiger charge is -2.12. The molecule has 0 aliphatic carbocycles. The van der Waals surface area contributed by atoms with Crippen LogP contribution in [0.3, 0.4) is 0 Å². The molecule has 0 aliphatic heterocycles. The second kappa shape index (κ2) is 6.41. The Hall–Kier alpha value is -2.05. The lowest BCUT2D eigenvalue weighted by atomic mass is 9.79. The number of halogens is 1. The first-order valence-corrected chi connectivity index (χ1v) is 6.02. The van der Waals surface area contributed by atoms with E-state index in [0.29, 0.717) is 11.3 Å². The molecule has 4 nitrogen and oxygen atoms in total. The van der Waals surface area contributed by atoms with Gasteiger partial charge in [0.15, 0.2) is 11.6 Å². The Morgan fingerprint density at radius 3 is 2.45 bits per heavy atom. The van der Waals surface area contributed by atoms with Crippen LogP contribution in [0.2, 0.25) is 0 Å². The molecular formula is C14H14BFO4. The minimum absolute atomic E-state index is 0.0350. The molecule has 2 aromatic rings. The Balaban J connectivity index is 2.17. The van der Waals surface area contributed by atoms with Gasteiger partial charge in [-0.15, -0.1) is 0 Å². The van der Waals surface area contributed by atoms with Crippen LogP contribution < -0.4 is 14.9 Å². The number of rotatable bonds is 5. The summed E-state index contributed by atoms with van der Waals surface area (Å²) in [5, 5.41) is 18.4. The Labute approximate surface area is 116 Å². The van der Waals surface area contributed by atoms with Crippen molar-refractivity contribution >= 4 is 12.6 Å². The molecule has 0 heterocycles. The summed E-state index contributed by atoms with van der Waals surface area (Å²) >= 11 is 0. The van der Waals surface area contributed by atoms with Crippen LogP contribution in [0.1, 0.15) is 5.56 Å². The van der Waals surface area contributed by atoms with Crippen LogP contribution in [0, 0.1) is 5.82 Å². The maximum Gasteiger partial charge on any atom is 0.492 e. The van der Waals surface area contributed by atoms with Crippen molar-refractivity contribution in [3.05, 3.63) is 53.8 Å². The van der Waals surface area contributed by atoms with Crippen LogP contribution in [-0.2, 0) is 6.61 Å². The van der Waals surface area contributed by atoms with Gasteiger partial charge in [0.1, 0.15) is 12.4 Å². The second-order valence-electron chi connectivity index (χ2n) is 4.13. The predicted molar refractivity (Wildman–Crippen MR) is 73.6 cm³/mol. The summed E-state index contributed by atoms with van der Waals surface area (Å²) in [5.41, 5.74) is 0.558. The standard InChI is InChI=1S/C14H14BFO4/c1-19-13-8-4-5-10(14(13)16)9-20-12-7-3-2-6-11(12)15(17)18/h2-8,17-18H,9H2,1H3. The lowest BCUT2D eigenvalue weighted by Crippen LogP contribution is -2.31. The molecule has 0 saturated heterocycles. The van der Waals surface area contributed by atoms with Crippen molar-refractivity contribution in [2.45, 2.75) is 6.61 Å². The fraction of sp³-hybridized carbons (Fsp3) is 0.143. The van der Waals surface area contributed by atoms with E-state index in [2.05, 4.69) is 0 Å². The van der Waals surface area contributed by atoms with E-state index < -0.39 is 12.9 Å². The number of para-hydroxylation sites is 1. The third kappa shape index (κ3) is 3.09. The second-order valence-corrected chi connectivity index (χ2v) is 4.13. The van der Waals surface area contributed by atoms with Gasteiger partial charge in [0.2, 0.25) is 0 Å². The van der Waals surface area contributed by atoms with Crippen molar-refractivity contribution in [1.29, 1.82) is 0 Å². The molecule has 0 bridgehead atoms. The molecule has 0 unspecified atom stereocenters. The summed E-state index contributed by atoms with van der Waals surface area (Å²) in [5.74, 6) is -0.0525. The normalized spacial score (nSPS) is 10.2. The Morgan fingerprint density at radius 1 is 1.05 bits per heavy atom. The Bertz CT molecular complexity index is 589. The molecule has 0 spiro atoms. The third-order valence-electron chi connectivity index (χ3n) is 2.84. The van der Waals surface area contributed by atoms with Crippen LogP contribution in [-0.4, -0.2) is 24.3 Å². The van der Waals surface area contributed by atoms with Crippen molar-refractivity contribution in [1.82, 2.24) is 0 Å². The van der Waals surface area contributed by atoms with Crippen molar-refractivity contribution < 1.29 is 23.9 Å². The number of hydrogen-bond acceptors (Lipinski definition) is 4. The first-order valence-electron chi connectivity index (χ1n) is 6.02. The SMILES string of the molecule is COc1cccc(COc2ccccc2B(O)O)c1F. The molecule has 104 valence electrons. The van der Waals surface area contributed by atoms with Crippen molar-refractivity contribution in [2.75, 3.05) is 7.11 Å². The summed E-state index contributed by atoms with van der Waals surface area (Å²) in [6, 6.07) is 11.2. The molecule has 0 fully saturated rings. The highest BCUT2D eigenvalue weighted by Crippen LogP contribution is 2.21. The maximum absolute atomic E-state index is 13.9. The largest absolute Gasteiger partial charge is 0.494 e. The molecule has 20 heavy (non-hydrogen) atoms. The highest BCUT2D eigenvalue weighted by molar-refractivity contribution is 6.59. The number of hydrogen-bond donors (Lipinski definition) is 2. The minimum atomic E-state index is -1.64. The quantitative estimate of drug-likeness (QED) is 0.803. The molecule has 2 rings (SSSR count). The van der Waals surface area contributed by atoms with E-state index in [9.17, 15) is 14.4 Å². The van der Waals surface area contributed by atoms with E-state index in [4.69, 9.17) is 9.47 Å². The lowest BCUT2D eigenvalue weighted by molar-refractivity contribution is 0.296. The first-order chi connectivity index (χ1) is 9.63. The predicted octanol–water partition coefficient (Wildman–Crippen LogP) is 1.09. The van der Waals surface area contributed by atoms with Crippen LogP contribution >= 0.6 is 0 Å². The molecule has 2 aromatic carbocycles. The zero-order valence-corrected chi connectivity index (χ0v) is 10.9. The Kier molecular flexibility index (Phi) is 4.60. The minimum Gasteiger partial charge on any atom is -0.494 e. The topological polar surface area (TPSA) is 58.9 Å². The highest BCUT2D eigenvalue weighted by Gasteiger charge is 2.17. The summed E-state index contributed by atoms with van der Waals surface area (Å²) in [4.78, 5) is 0. The van der Waals surface area contributed by atoms with E-state index >= 15 is 0 Å². The smallest absolute Gasteiger partial charge is 0.492 e. The maximum atomic E-state index is 13.9. The van der Waals surface area contributed by atoms with Crippen LogP contribution in [0.25, 0.3) is 0 Å². The fourth-order valence-electron chi connectivity index (χ4n) is 1.81. The average molecular weight is 276 g/mol. The van der Waals surface area contributed by atoms with E-state index in [0.717, 1.165) is 0 Å². The molecule has 0 atom stereocenters. The molecule has 0 amide bonds. The zero-order valence-electron chi connectivity index (χ0n) is 10.9. The highest BCUT2D eigenvalue weighted by atomic mass is 19.1. The van der Waals surface area contributed by atoms with Crippen molar-refractivity contribution in [2.24, 2.45) is 0 Å². The summed E-state index contributed by atoms with van der Waals surface area (Å²) in [6.45, 7) is -0.0350. The van der Waals surface area contributed by atoms with Gasteiger partial charge in [0.25, 0.3) is 0 Å². The van der Waals surface area contributed by atoms with Gasteiger partial charge in [0, 0.05) is 11.0 Å². The fourth-order valence-corrected chi connectivity index (χ4v) is 1.81. The molecular weight excluding hydrogens is 262 g/mol. The molecule has 0 aromatic heterocycles. The van der Waals surface area contributed by atoms with Gasteiger partial charge >= 0.3 is 7.12 Å². The van der Waals surface area contributed by atoms with Crippen molar-refractivity contribution in [3.8, 4) is 11.5 Å². The van der Waals surface area contributed by atoms with Gasteiger partial charge in [-0.05, 0) is 12.1 Å². The van der Waals surface area contributed by atoms with Gasteiger partial charge in [-0.2, -0.15) is 0 Å². The molecule has 6 heteroatoms. The van der Waals surface area contributed by atoms with E-state index in [1.54, 1.807) is 30.3 Å². The van der Waals surface area contributed by atoms with Crippen LogP contribution in [0.5, 0.6) is 11.5 Å². The van der Waals surface area contributed by atoms with Crippen LogP contribution in [0.4, 0.5) is 4.39 Å². The number of benzene rings is 2. The number of methoxy groups -OCH3 is 1.